The van der Waals surface area contributed by atoms with Gasteiger partial charge in [-0.25, -0.2) is 4.98 Å². The Labute approximate surface area is 198 Å². The molecular weight excluding hydrogens is 430 g/mol. The van der Waals surface area contributed by atoms with Crippen molar-refractivity contribution in [2.75, 3.05) is 0 Å². The molecule has 2 heterocycles. The Morgan fingerprint density at radius 3 is 1.83 bits per heavy atom. The van der Waals surface area contributed by atoms with Crippen molar-refractivity contribution in [2.24, 2.45) is 0 Å². The van der Waals surface area contributed by atoms with Gasteiger partial charge in [-0.15, -0.1) is 0 Å². The molecule has 2 aromatic heterocycles. The van der Waals surface area contributed by atoms with Crippen molar-refractivity contribution in [3.05, 3.63) is 95.6 Å². The summed E-state index contributed by atoms with van der Waals surface area (Å²) >= 11 is 0. The lowest BCUT2D eigenvalue weighted by atomic mass is 9.89. The summed E-state index contributed by atoms with van der Waals surface area (Å²) in [4.78, 5) is 5.04. The van der Waals surface area contributed by atoms with Gasteiger partial charge in [0.15, 0.2) is 0 Å². The van der Waals surface area contributed by atoms with Gasteiger partial charge in [-0.3, -0.25) is 4.40 Å². The van der Waals surface area contributed by atoms with Crippen LogP contribution in [0.4, 0.5) is 0 Å². The molecule has 158 valence electrons. The first kappa shape index (κ1) is 19.1. The Morgan fingerprint density at radius 2 is 1.17 bits per heavy atom. The fraction of sp³-hybridized carbons (Fsp3) is 0. The zero-order valence-electron chi connectivity index (χ0n) is 18.2. The Balaban J connectivity index is 2.01. The van der Waals surface area contributed by atoms with E-state index in [2.05, 4.69) is 36.4 Å². The van der Waals surface area contributed by atoms with Gasteiger partial charge in [0.1, 0.15) is 23.9 Å². The molecule has 0 bridgehead atoms. The average Bonchev–Trinajstić information content (AvgIpc) is 3.31. The molecule has 0 N–H and O–H groups in total. The fourth-order valence-electron chi connectivity index (χ4n) is 5.49. The second kappa shape index (κ2) is 6.78. The largest absolute Gasteiger partial charge is 0.292 e. The first-order valence-electron chi connectivity index (χ1n) is 11.1. The molecule has 0 unspecified atom stereocenters. The average molecular weight is 443 g/mol. The SMILES string of the molecule is N#Cc1cc2c(c(C#N)c1C#N)c1c3ccccc3c3ccccc3c1c1nc3ccccc3n21. The number of hydrogen-bond acceptors (Lipinski definition) is 4. The van der Waals surface area contributed by atoms with E-state index in [4.69, 9.17) is 4.98 Å². The molecule has 5 nitrogen and oxygen atoms in total. The zero-order valence-corrected chi connectivity index (χ0v) is 18.2. The molecule has 0 aliphatic rings. The number of para-hydroxylation sites is 2. The van der Waals surface area contributed by atoms with Gasteiger partial charge in [0.05, 0.1) is 33.2 Å². The minimum absolute atomic E-state index is 0.102. The highest BCUT2D eigenvalue weighted by molar-refractivity contribution is 6.35. The van der Waals surface area contributed by atoms with Crippen molar-refractivity contribution < 1.29 is 0 Å². The highest BCUT2D eigenvalue weighted by atomic mass is 15.0. The van der Waals surface area contributed by atoms with Gasteiger partial charge in [-0.2, -0.15) is 15.8 Å². The predicted molar refractivity (Wildman–Crippen MR) is 137 cm³/mol. The molecule has 0 atom stereocenters. The van der Waals surface area contributed by atoms with Crippen molar-refractivity contribution in [1.29, 1.82) is 15.8 Å². The first-order valence-corrected chi connectivity index (χ1v) is 11.1. The molecule has 0 aliphatic carbocycles. The molecule has 0 saturated heterocycles. The lowest BCUT2D eigenvalue weighted by molar-refractivity contribution is 1.30. The van der Waals surface area contributed by atoms with Crippen molar-refractivity contribution >= 4 is 59.9 Å². The van der Waals surface area contributed by atoms with Gasteiger partial charge < -0.3 is 0 Å². The predicted octanol–water partition coefficient (Wildman–Crippen LogP) is 6.72. The molecule has 0 amide bonds. The molecular formula is C30H13N5. The Kier molecular flexibility index (Phi) is 3.69. The number of benzene rings is 5. The summed E-state index contributed by atoms with van der Waals surface area (Å²) in [5, 5.41) is 36.7. The quantitative estimate of drug-likeness (QED) is 0.244. The maximum absolute atomic E-state index is 10.3. The van der Waals surface area contributed by atoms with Gasteiger partial charge in [0.25, 0.3) is 0 Å². The summed E-state index contributed by atoms with van der Waals surface area (Å²) in [7, 11) is 0. The lowest BCUT2D eigenvalue weighted by Gasteiger charge is -2.16. The van der Waals surface area contributed by atoms with Crippen molar-refractivity contribution in [3.63, 3.8) is 0 Å². The van der Waals surface area contributed by atoms with E-state index in [0.29, 0.717) is 10.9 Å². The highest BCUT2D eigenvalue weighted by Gasteiger charge is 2.23. The van der Waals surface area contributed by atoms with Crippen LogP contribution in [0.15, 0.2) is 78.9 Å². The van der Waals surface area contributed by atoms with E-state index < -0.39 is 0 Å². The van der Waals surface area contributed by atoms with Crippen LogP contribution >= 0.6 is 0 Å². The lowest BCUT2D eigenvalue weighted by Crippen LogP contribution is -2.00. The summed E-state index contributed by atoms with van der Waals surface area (Å²) in [5.41, 5.74) is 3.64. The van der Waals surface area contributed by atoms with Gasteiger partial charge in [0.2, 0.25) is 0 Å². The second-order valence-corrected chi connectivity index (χ2v) is 8.50. The summed E-state index contributed by atoms with van der Waals surface area (Å²) in [6, 6.07) is 32.4. The molecule has 5 heteroatoms. The molecule has 0 saturated carbocycles. The Morgan fingerprint density at radius 1 is 0.571 bits per heavy atom. The Hall–Kier alpha value is -5.44. The van der Waals surface area contributed by atoms with Gasteiger partial charge in [-0.05, 0) is 39.7 Å². The van der Waals surface area contributed by atoms with Crippen LogP contribution in [-0.4, -0.2) is 9.38 Å². The van der Waals surface area contributed by atoms with E-state index >= 15 is 0 Å². The zero-order chi connectivity index (χ0) is 23.7. The van der Waals surface area contributed by atoms with Crippen LogP contribution in [-0.2, 0) is 0 Å². The number of aromatic nitrogens is 2. The maximum Gasteiger partial charge on any atom is 0.147 e. The molecule has 0 spiro atoms. The van der Waals surface area contributed by atoms with E-state index in [1.807, 2.05) is 59.0 Å². The second-order valence-electron chi connectivity index (χ2n) is 8.50. The number of nitriles is 3. The summed E-state index contributed by atoms with van der Waals surface area (Å²) in [6.45, 7) is 0. The monoisotopic (exact) mass is 443 g/mol. The van der Waals surface area contributed by atoms with E-state index in [1.54, 1.807) is 6.07 Å². The molecule has 7 aromatic rings. The smallest absolute Gasteiger partial charge is 0.147 e. The van der Waals surface area contributed by atoms with E-state index in [9.17, 15) is 15.8 Å². The minimum atomic E-state index is 0.102. The van der Waals surface area contributed by atoms with Crippen LogP contribution in [0.25, 0.3) is 59.9 Å². The molecule has 7 rings (SSSR count). The van der Waals surface area contributed by atoms with Crippen LogP contribution in [0.1, 0.15) is 16.7 Å². The molecule has 0 radical (unpaired) electrons. The number of fused-ring (bicyclic) bond motifs is 13. The number of rotatable bonds is 0. The van der Waals surface area contributed by atoms with E-state index in [1.165, 1.54) is 0 Å². The number of imidazole rings is 1. The third-order valence-corrected chi connectivity index (χ3v) is 6.86. The molecule has 0 aliphatic heterocycles. The summed E-state index contributed by atoms with van der Waals surface area (Å²) < 4.78 is 2.02. The maximum atomic E-state index is 10.3. The normalized spacial score (nSPS) is 11.3. The van der Waals surface area contributed by atoms with Crippen LogP contribution in [0.5, 0.6) is 0 Å². The van der Waals surface area contributed by atoms with Crippen LogP contribution in [0.2, 0.25) is 0 Å². The first-order chi connectivity index (χ1) is 17.3. The van der Waals surface area contributed by atoms with Crippen LogP contribution < -0.4 is 0 Å². The van der Waals surface area contributed by atoms with Gasteiger partial charge >= 0.3 is 0 Å². The standard InChI is InChI=1S/C30H13N5/c31-14-17-13-26-27(23(16-33)22(17)15-32)28-20-9-3-1-7-18(20)19-8-2-4-10-21(19)29(28)30-34-24-11-5-6-12-25(24)35(26)30/h1-13H. The third-order valence-electron chi connectivity index (χ3n) is 6.86. The summed E-state index contributed by atoms with van der Waals surface area (Å²) in [5.74, 6) is 0. The highest BCUT2D eigenvalue weighted by Crippen LogP contribution is 2.43. The van der Waals surface area contributed by atoms with Gasteiger partial charge in [0, 0.05) is 16.2 Å². The number of nitrogens with zero attached hydrogens (tertiary/aromatic N) is 5. The van der Waals surface area contributed by atoms with Crippen LogP contribution in [0, 0.1) is 34.0 Å². The number of hydrogen-bond donors (Lipinski definition) is 0. The number of pyridine rings is 1. The minimum Gasteiger partial charge on any atom is -0.292 e. The Bertz CT molecular complexity index is 2200. The van der Waals surface area contributed by atoms with Crippen molar-refractivity contribution in [1.82, 2.24) is 9.38 Å². The fourth-order valence-corrected chi connectivity index (χ4v) is 5.49. The van der Waals surface area contributed by atoms with Crippen molar-refractivity contribution in [3.8, 4) is 18.2 Å². The van der Waals surface area contributed by atoms with E-state index in [-0.39, 0.29) is 16.7 Å². The van der Waals surface area contributed by atoms with Crippen molar-refractivity contribution in [2.45, 2.75) is 0 Å². The topological polar surface area (TPSA) is 88.7 Å². The van der Waals surface area contributed by atoms with E-state index in [0.717, 1.165) is 49.0 Å². The molecule has 0 fully saturated rings. The third kappa shape index (κ3) is 2.30. The summed E-state index contributed by atoms with van der Waals surface area (Å²) in [6.07, 6.45) is 0. The molecule has 35 heavy (non-hydrogen) atoms. The van der Waals surface area contributed by atoms with Gasteiger partial charge in [-0.1, -0.05) is 60.7 Å². The molecule has 5 aromatic carbocycles. The van der Waals surface area contributed by atoms with Crippen LogP contribution in [0.3, 0.4) is 0 Å².